The first-order chi connectivity index (χ1) is 8.88. The van der Waals surface area contributed by atoms with Gasteiger partial charge in [-0.2, -0.15) is 5.10 Å². The van der Waals surface area contributed by atoms with Crippen LogP contribution in [0.5, 0.6) is 0 Å². The predicted molar refractivity (Wildman–Crippen MR) is 76.8 cm³/mol. The second-order valence-electron chi connectivity index (χ2n) is 6.73. The van der Waals surface area contributed by atoms with E-state index in [1.165, 1.54) is 0 Å². The summed E-state index contributed by atoms with van der Waals surface area (Å²) in [5, 5.41) is 7.90. The fourth-order valence-corrected chi connectivity index (χ4v) is 2.54. The molecule has 0 aliphatic carbocycles. The lowest BCUT2D eigenvalue weighted by molar-refractivity contribution is 0.0585. The van der Waals surface area contributed by atoms with Crippen LogP contribution in [-0.4, -0.2) is 44.3 Å². The number of hydrogen-bond acceptors (Lipinski definition) is 4. The molecule has 0 radical (unpaired) electrons. The van der Waals surface area contributed by atoms with Gasteiger partial charge in [0.25, 0.3) is 0 Å². The molecule has 19 heavy (non-hydrogen) atoms. The third-order valence-corrected chi connectivity index (χ3v) is 3.80. The zero-order valence-corrected chi connectivity index (χ0v) is 12.8. The Bertz CT molecular complexity index is 410. The van der Waals surface area contributed by atoms with Gasteiger partial charge in [-0.3, -0.25) is 4.90 Å². The molecule has 2 heterocycles. The summed E-state index contributed by atoms with van der Waals surface area (Å²) in [6.45, 7) is 15.1. The van der Waals surface area contributed by atoms with E-state index in [2.05, 4.69) is 54.9 Å². The molecular formula is C14H27N5. The lowest BCUT2D eigenvalue weighted by Gasteiger charge is -2.45. The lowest BCUT2D eigenvalue weighted by Crippen LogP contribution is -2.60. The average Bonchev–Trinajstić information content (AvgIpc) is 2.71. The molecule has 1 aromatic heterocycles. The SMILES string of the molecule is CC(C)Cn1ncnc1CN1CC(C)NCC1(C)C. The van der Waals surface area contributed by atoms with Crippen molar-refractivity contribution in [3.8, 4) is 0 Å². The van der Waals surface area contributed by atoms with Gasteiger partial charge < -0.3 is 5.32 Å². The molecule has 0 amide bonds. The van der Waals surface area contributed by atoms with E-state index in [-0.39, 0.29) is 5.54 Å². The van der Waals surface area contributed by atoms with Crippen molar-refractivity contribution in [2.45, 2.75) is 59.3 Å². The van der Waals surface area contributed by atoms with Crippen molar-refractivity contribution in [3.05, 3.63) is 12.2 Å². The highest BCUT2D eigenvalue weighted by Gasteiger charge is 2.33. The molecule has 1 saturated heterocycles. The summed E-state index contributed by atoms with van der Waals surface area (Å²) in [4.78, 5) is 6.95. The van der Waals surface area contributed by atoms with Crippen molar-refractivity contribution < 1.29 is 0 Å². The van der Waals surface area contributed by atoms with E-state index in [1.807, 2.05) is 4.68 Å². The van der Waals surface area contributed by atoms with Crippen LogP contribution in [0.2, 0.25) is 0 Å². The molecule has 0 spiro atoms. The Kier molecular flexibility index (Phi) is 4.26. The molecule has 1 aromatic rings. The molecule has 0 aromatic carbocycles. The van der Waals surface area contributed by atoms with Crippen LogP contribution in [0.4, 0.5) is 0 Å². The predicted octanol–water partition coefficient (Wildman–Crippen LogP) is 1.51. The maximum absolute atomic E-state index is 4.44. The zero-order valence-electron chi connectivity index (χ0n) is 12.8. The summed E-state index contributed by atoms with van der Waals surface area (Å²) >= 11 is 0. The zero-order chi connectivity index (χ0) is 14.0. The van der Waals surface area contributed by atoms with Gasteiger partial charge in [-0.15, -0.1) is 0 Å². The molecular weight excluding hydrogens is 238 g/mol. The van der Waals surface area contributed by atoms with Gasteiger partial charge >= 0.3 is 0 Å². The highest BCUT2D eigenvalue weighted by atomic mass is 15.4. The Morgan fingerprint density at radius 2 is 2.21 bits per heavy atom. The van der Waals surface area contributed by atoms with Gasteiger partial charge in [0.05, 0.1) is 6.54 Å². The summed E-state index contributed by atoms with van der Waals surface area (Å²) in [6.07, 6.45) is 1.68. The minimum Gasteiger partial charge on any atom is -0.311 e. The Morgan fingerprint density at radius 1 is 1.47 bits per heavy atom. The van der Waals surface area contributed by atoms with E-state index >= 15 is 0 Å². The van der Waals surface area contributed by atoms with Crippen LogP contribution >= 0.6 is 0 Å². The molecule has 2 rings (SSSR count). The van der Waals surface area contributed by atoms with Crippen LogP contribution in [0.1, 0.15) is 40.4 Å². The smallest absolute Gasteiger partial charge is 0.141 e. The molecule has 108 valence electrons. The summed E-state index contributed by atoms with van der Waals surface area (Å²) in [5.74, 6) is 1.67. The van der Waals surface area contributed by atoms with Crippen LogP contribution in [0.3, 0.4) is 0 Å². The Hall–Kier alpha value is -0.940. The van der Waals surface area contributed by atoms with E-state index in [0.717, 1.165) is 32.0 Å². The maximum atomic E-state index is 4.44. The van der Waals surface area contributed by atoms with Crippen molar-refractivity contribution in [3.63, 3.8) is 0 Å². The van der Waals surface area contributed by atoms with Crippen molar-refractivity contribution in [1.82, 2.24) is 25.0 Å². The lowest BCUT2D eigenvalue weighted by atomic mass is 9.98. The summed E-state index contributed by atoms with van der Waals surface area (Å²) < 4.78 is 2.05. The van der Waals surface area contributed by atoms with Gasteiger partial charge in [-0.05, 0) is 26.7 Å². The molecule has 1 aliphatic heterocycles. The third-order valence-electron chi connectivity index (χ3n) is 3.80. The highest BCUT2D eigenvalue weighted by Crippen LogP contribution is 2.20. The van der Waals surface area contributed by atoms with Crippen molar-refractivity contribution in [2.75, 3.05) is 13.1 Å². The molecule has 5 nitrogen and oxygen atoms in total. The second-order valence-corrected chi connectivity index (χ2v) is 6.73. The molecule has 1 aliphatic rings. The number of rotatable bonds is 4. The molecule has 0 bridgehead atoms. The van der Waals surface area contributed by atoms with Crippen LogP contribution in [-0.2, 0) is 13.1 Å². The number of piperazine rings is 1. The quantitative estimate of drug-likeness (QED) is 0.896. The fraction of sp³-hybridized carbons (Fsp3) is 0.857. The van der Waals surface area contributed by atoms with E-state index < -0.39 is 0 Å². The average molecular weight is 265 g/mol. The van der Waals surface area contributed by atoms with Gasteiger partial charge in [-0.1, -0.05) is 13.8 Å². The Balaban J connectivity index is 2.09. The van der Waals surface area contributed by atoms with Crippen LogP contribution in [0.25, 0.3) is 0 Å². The molecule has 5 heteroatoms. The normalized spacial score (nSPS) is 24.0. The number of nitrogens with zero attached hydrogens (tertiary/aromatic N) is 4. The number of nitrogens with one attached hydrogen (secondary N) is 1. The second kappa shape index (κ2) is 5.59. The first kappa shape index (κ1) is 14.5. The van der Waals surface area contributed by atoms with E-state index in [4.69, 9.17) is 0 Å². The largest absolute Gasteiger partial charge is 0.311 e. The Morgan fingerprint density at radius 3 is 2.89 bits per heavy atom. The first-order valence-corrected chi connectivity index (χ1v) is 7.23. The molecule has 1 atom stereocenters. The van der Waals surface area contributed by atoms with Crippen LogP contribution < -0.4 is 5.32 Å². The van der Waals surface area contributed by atoms with Crippen LogP contribution in [0.15, 0.2) is 6.33 Å². The first-order valence-electron chi connectivity index (χ1n) is 7.23. The summed E-state index contributed by atoms with van der Waals surface area (Å²) in [6, 6.07) is 0.537. The van der Waals surface area contributed by atoms with E-state index in [9.17, 15) is 0 Å². The minimum atomic E-state index is 0.168. The van der Waals surface area contributed by atoms with Crippen molar-refractivity contribution in [2.24, 2.45) is 5.92 Å². The van der Waals surface area contributed by atoms with Crippen LogP contribution in [0, 0.1) is 5.92 Å². The van der Waals surface area contributed by atoms with Crippen molar-refractivity contribution in [1.29, 1.82) is 0 Å². The van der Waals surface area contributed by atoms with Gasteiger partial charge in [0.2, 0.25) is 0 Å². The highest BCUT2D eigenvalue weighted by molar-refractivity contribution is 4.95. The molecule has 1 fully saturated rings. The topological polar surface area (TPSA) is 46.0 Å². The van der Waals surface area contributed by atoms with E-state index in [1.54, 1.807) is 6.33 Å². The fourth-order valence-electron chi connectivity index (χ4n) is 2.54. The van der Waals surface area contributed by atoms with Gasteiger partial charge in [0, 0.05) is 31.2 Å². The number of hydrogen-bond donors (Lipinski definition) is 1. The molecule has 0 saturated carbocycles. The standard InChI is InChI=1S/C14H27N5/c1-11(2)6-19-13(16-10-17-19)8-18-7-12(3)15-9-14(18,4)5/h10-12,15H,6-9H2,1-5H3. The summed E-state index contributed by atoms with van der Waals surface area (Å²) in [7, 11) is 0. The minimum absolute atomic E-state index is 0.168. The van der Waals surface area contributed by atoms with Gasteiger partial charge in [0.1, 0.15) is 12.2 Å². The number of aromatic nitrogens is 3. The van der Waals surface area contributed by atoms with Crippen molar-refractivity contribution >= 4 is 0 Å². The van der Waals surface area contributed by atoms with E-state index in [0.29, 0.717) is 12.0 Å². The Labute approximate surface area is 116 Å². The monoisotopic (exact) mass is 265 g/mol. The maximum Gasteiger partial charge on any atom is 0.141 e. The third kappa shape index (κ3) is 3.54. The molecule has 1 N–H and O–H groups in total. The van der Waals surface area contributed by atoms with Gasteiger partial charge in [0.15, 0.2) is 0 Å². The van der Waals surface area contributed by atoms with Gasteiger partial charge in [-0.25, -0.2) is 9.67 Å². The summed E-state index contributed by atoms with van der Waals surface area (Å²) in [5.41, 5.74) is 0.168. The molecule has 1 unspecified atom stereocenters.